The van der Waals surface area contributed by atoms with Crippen molar-refractivity contribution in [3.8, 4) is 0 Å². The van der Waals surface area contributed by atoms with Crippen LogP contribution in [0.2, 0.25) is 0 Å². The minimum absolute atomic E-state index is 0.983. The van der Waals surface area contributed by atoms with E-state index >= 15 is 0 Å². The van der Waals surface area contributed by atoms with Gasteiger partial charge in [-0.25, -0.2) is 0 Å². The van der Waals surface area contributed by atoms with Crippen molar-refractivity contribution >= 4 is 22.8 Å². The Labute approximate surface area is 254 Å². The van der Waals surface area contributed by atoms with Gasteiger partial charge in [0, 0.05) is 0 Å². The van der Waals surface area contributed by atoms with Crippen LogP contribution in [0, 0.1) is 0 Å². The van der Waals surface area contributed by atoms with Gasteiger partial charge >= 0.3 is 0 Å². The average molecular weight is 559 g/mol. The van der Waals surface area contributed by atoms with E-state index in [9.17, 15) is 0 Å². The average Bonchev–Trinajstić information content (AvgIpc) is 2.96. The molecule has 0 N–H and O–H groups in total. The van der Waals surface area contributed by atoms with Crippen LogP contribution in [0.5, 0.6) is 0 Å². The second kappa shape index (κ2) is 21.5. The highest BCUT2D eigenvalue weighted by Crippen LogP contribution is 2.25. The molecule has 2 aromatic carbocycles. The minimum Gasteiger partial charge on any atom is -0.252 e. The van der Waals surface area contributed by atoms with Gasteiger partial charge in [-0.05, 0) is 118 Å². The van der Waals surface area contributed by atoms with E-state index in [-0.39, 0.29) is 0 Å². The predicted octanol–water partition coefficient (Wildman–Crippen LogP) is 12.7. The fraction of sp³-hybridized carbons (Fsp3) is 0.641. The molecule has 0 aliphatic rings. The molecular weight excluding hydrogens is 496 g/mol. The predicted molar refractivity (Wildman–Crippen MR) is 185 cm³/mol. The Bertz CT molecular complexity index is 989. The number of aliphatic imine (C=N–C) groups is 2. The first-order valence-electron chi connectivity index (χ1n) is 17.4. The maximum Gasteiger partial charge on any atom is 0.0639 e. The molecule has 0 unspecified atom stereocenters. The first-order valence-corrected chi connectivity index (χ1v) is 17.4. The topological polar surface area (TPSA) is 24.7 Å². The van der Waals surface area contributed by atoms with E-state index in [2.05, 4.69) is 77.9 Å². The van der Waals surface area contributed by atoms with Crippen LogP contribution in [0.4, 0.5) is 11.4 Å². The normalized spacial score (nSPS) is 12.3. The molecule has 2 aromatic rings. The van der Waals surface area contributed by atoms with E-state index in [0.29, 0.717) is 0 Å². The van der Waals surface area contributed by atoms with E-state index in [1.54, 1.807) is 0 Å². The van der Waals surface area contributed by atoms with Gasteiger partial charge in [-0.2, -0.15) is 0 Å². The van der Waals surface area contributed by atoms with Gasteiger partial charge in [0.15, 0.2) is 0 Å². The van der Waals surface area contributed by atoms with Gasteiger partial charge < -0.3 is 0 Å². The highest BCUT2D eigenvalue weighted by Gasteiger charge is 2.09. The summed E-state index contributed by atoms with van der Waals surface area (Å²) in [4.78, 5) is 10.6. The number of rotatable bonds is 22. The SMILES string of the molecule is CCCCCc1cc(CCCCC)cc(N=C(C)C(CCCC)=Nc2cc(CCCCC)cc(CCCCC)c2)c1. The number of hydrogen-bond donors (Lipinski definition) is 0. The summed E-state index contributed by atoms with van der Waals surface area (Å²) in [5, 5.41) is 0. The maximum atomic E-state index is 5.32. The molecule has 0 heterocycles. The largest absolute Gasteiger partial charge is 0.252 e. The third-order valence-electron chi connectivity index (χ3n) is 8.10. The maximum absolute atomic E-state index is 5.32. The molecule has 41 heavy (non-hydrogen) atoms. The number of benzene rings is 2. The van der Waals surface area contributed by atoms with Crippen molar-refractivity contribution in [1.82, 2.24) is 0 Å². The molecule has 0 bridgehead atoms. The van der Waals surface area contributed by atoms with Gasteiger partial charge in [-0.3, -0.25) is 9.98 Å². The summed E-state index contributed by atoms with van der Waals surface area (Å²) in [5.41, 5.74) is 10.3. The standard InChI is InChI=1S/C39H62N2/c1-7-12-17-21-33-26-34(22-18-13-8-2)29-37(28-33)40-32(6)39(25-16-11-5)41-38-30-35(23-19-14-9-3)27-36(31-38)24-20-15-10-4/h26-31H,7-25H2,1-6H3. The van der Waals surface area contributed by atoms with Crippen molar-refractivity contribution in [1.29, 1.82) is 0 Å². The molecule has 0 aliphatic carbocycles. The zero-order valence-electron chi connectivity index (χ0n) is 27.8. The van der Waals surface area contributed by atoms with Crippen LogP contribution in [-0.2, 0) is 25.7 Å². The van der Waals surface area contributed by atoms with Crippen LogP contribution >= 0.6 is 0 Å². The molecule has 2 rings (SSSR count). The Balaban J connectivity index is 2.43. The monoisotopic (exact) mass is 558 g/mol. The Hall–Kier alpha value is -2.22. The molecule has 0 spiro atoms. The molecule has 0 atom stereocenters. The first-order chi connectivity index (χ1) is 20.0. The fourth-order valence-corrected chi connectivity index (χ4v) is 5.58. The molecule has 2 nitrogen and oxygen atoms in total. The minimum atomic E-state index is 0.983. The zero-order valence-corrected chi connectivity index (χ0v) is 27.8. The second-order valence-corrected chi connectivity index (χ2v) is 12.2. The smallest absolute Gasteiger partial charge is 0.0639 e. The quantitative estimate of drug-likeness (QED) is 0.101. The Morgan fingerprint density at radius 1 is 0.439 bits per heavy atom. The highest BCUT2D eigenvalue weighted by atomic mass is 14.8. The van der Waals surface area contributed by atoms with Gasteiger partial charge in [-0.1, -0.05) is 105 Å². The summed E-state index contributed by atoms with van der Waals surface area (Å²) in [5.74, 6) is 0. The van der Waals surface area contributed by atoms with Crippen molar-refractivity contribution in [3.05, 3.63) is 58.7 Å². The molecule has 228 valence electrons. The number of aryl methyl sites for hydroxylation is 4. The Morgan fingerprint density at radius 3 is 1.12 bits per heavy atom. The van der Waals surface area contributed by atoms with E-state index in [0.717, 1.165) is 61.3 Å². The summed E-state index contributed by atoms with van der Waals surface area (Å²) in [6.07, 6.45) is 23.2. The van der Waals surface area contributed by atoms with E-state index < -0.39 is 0 Å². The third kappa shape index (κ3) is 14.5. The lowest BCUT2D eigenvalue weighted by Crippen LogP contribution is -2.10. The van der Waals surface area contributed by atoms with Gasteiger partial charge in [0.2, 0.25) is 0 Å². The number of unbranched alkanes of at least 4 members (excludes halogenated alkanes) is 9. The molecule has 0 aliphatic heterocycles. The van der Waals surface area contributed by atoms with Gasteiger partial charge in [0.25, 0.3) is 0 Å². The Kier molecular flexibility index (Phi) is 18.3. The summed E-state index contributed by atoms with van der Waals surface area (Å²) in [7, 11) is 0. The number of hydrogen-bond acceptors (Lipinski definition) is 2. The van der Waals surface area contributed by atoms with Crippen LogP contribution in [0.15, 0.2) is 46.4 Å². The van der Waals surface area contributed by atoms with Crippen molar-refractivity contribution in [3.63, 3.8) is 0 Å². The summed E-state index contributed by atoms with van der Waals surface area (Å²) < 4.78 is 0. The van der Waals surface area contributed by atoms with E-state index in [4.69, 9.17) is 9.98 Å². The molecule has 0 radical (unpaired) electrons. The van der Waals surface area contributed by atoms with E-state index in [1.807, 2.05) is 0 Å². The van der Waals surface area contributed by atoms with Gasteiger partial charge in [-0.15, -0.1) is 0 Å². The molecule has 0 saturated carbocycles. The third-order valence-corrected chi connectivity index (χ3v) is 8.10. The molecular formula is C39H62N2. The summed E-state index contributed by atoms with van der Waals surface area (Å²) >= 11 is 0. The molecule has 0 saturated heterocycles. The molecule has 0 fully saturated rings. The van der Waals surface area contributed by atoms with Crippen LogP contribution in [0.1, 0.15) is 160 Å². The van der Waals surface area contributed by atoms with Gasteiger partial charge in [0.1, 0.15) is 0 Å². The van der Waals surface area contributed by atoms with Crippen molar-refractivity contribution in [2.75, 3.05) is 0 Å². The van der Waals surface area contributed by atoms with Crippen LogP contribution in [0.25, 0.3) is 0 Å². The molecule has 0 aromatic heterocycles. The van der Waals surface area contributed by atoms with Crippen molar-refractivity contribution in [2.45, 2.75) is 164 Å². The van der Waals surface area contributed by atoms with E-state index in [1.165, 1.54) is 106 Å². The van der Waals surface area contributed by atoms with Crippen molar-refractivity contribution in [2.24, 2.45) is 9.98 Å². The summed E-state index contributed by atoms with van der Waals surface area (Å²) in [6.45, 7) is 13.6. The molecule has 0 amide bonds. The lowest BCUT2D eigenvalue weighted by Gasteiger charge is -2.12. The lowest BCUT2D eigenvalue weighted by molar-refractivity contribution is 0.708. The Morgan fingerprint density at radius 2 is 0.780 bits per heavy atom. The molecule has 2 heteroatoms. The summed E-state index contributed by atoms with van der Waals surface area (Å²) in [6, 6.07) is 14.2. The second-order valence-electron chi connectivity index (χ2n) is 12.2. The van der Waals surface area contributed by atoms with Gasteiger partial charge in [0.05, 0.1) is 22.8 Å². The van der Waals surface area contributed by atoms with Crippen LogP contribution in [-0.4, -0.2) is 11.4 Å². The van der Waals surface area contributed by atoms with Crippen LogP contribution < -0.4 is 0 Å². The van der Waals surface area contributed by atoms with Crippen LogP contribution in [0.3, 0.4) is 0 Å². The fourth-order valence-electron chi connectivity index (χ4n) is 5.58. The number of nitrogens with zero attached hydrogens (tertiary/aromatic N) is 2. The highest BCUT2D eigenvalue weighted by molar-refractivity contribution is 6.42. The lowest BCUT2D eigenvalue weighted by atomic mass is 9.99. The van der Waals surface area contributed by atoms with Crippen molar-refractivity contribution < 1.29 is 0 Å². The first kappa shape index (κ1) is 35.0. The zero-order chi connectivity index (χ0) is 29.7.